The Hall–Kier alpha value is -3.32. The minimum Gasteiger partial charge on any atom is -0.507 e. The normalized spacial score (nSPS) is 17.5. The van der Waals surface area contributed by atoms with Crippen LogP contribution in [0, 0.1) is 0 Å². The first-order valence-corrected chi connectivity index (χ1v) is 12.0. The van der Waals surface area contributed by atoms with E-state index >= 15 is 0 Å². The largest absolute Gasteiger partial charge is 0.507 e. The van der Waals surface area contributed by atoms with Crippen molar-refractivity contribution in [1.82, 2.24) is 4.90 Å². The second-order valence-corrected chi connectivity index (χ2v) is 9.06. The highest BCUT2D eigenvalue weighted by Gasteiger charge is 2.46. The Bertz CT molecular complexity index is 1100. The number of rotatable bonds is 10. The molecule has 1 heterocycles. The first-order chi connectivity index (χ1) is 16.7. The summed E-state index contributed by atoms with van der Waals surface area (Å²) in [6, 6.07) is 11.8. The Labute approximate surface area is 207 Å². The van der Waals surface area contributed by atoms with Gasteiger partial charge in [0.05, 0.1) is 30.9 Å². The lowest BCUT2D eigenvalue weighted by molar-refractivity contribution is -0.140. The number of ketones is 1. The van der Waals surface area contributed by atoms with Gasteiger partial charge in [0.1, 0.15) is 17.3 Å². The van der Waals surface area contributed by atoms with E-state index in [1.54, 1.807) is 18.2 Å². The van der Waals surface area contributed by atoms with Crippen molar-refractivity contribution < 1.29 is 28.9 Å². The topological polar surface area (TPSA) is 85.3 Å². The van der Waals surface area contributed by atoms with Crippen LogP contribution < -0.4 is 9.47 Å². The third-order valence-electron chi connectivity index (χ3n) is 5.83. The van der Waals surface area contributed by atoms with E-state index in [4.69, 9.17) is 14.2 Å². The minimum absolute atomic E-state index is 0.0385. The Kier molecular flexibility index (Phi) is 8.57. The van der Waals surface area contributed by atoms with Crippen LogP contribution in [0.5, 0.6) is 11.5 Å². The van der Waals surface area contributed by atoms with E-state index in [1.807, 2.05) is 58.9 Å². The van der Waals surface area contributed by atoms with Crippen LogP contribution in [0.15, 0.2) is 48.0 Å². The number of benzene rings is 2. The van der Waals surface area contributed by atoms with Crippen LogP contribution in [-0.4, -0.2) is 54.7 Å². The summed E-state index contributed by atoms with van der Waals surface area (Å²) in [6.45, 7) is 10.8. The van der Waals surface area contributed by atoms with Crippen LogP contribution in [-0.2, 0) is 14.3 Å². The molecule has 1 unspecified atom stereocenters. The fraction of sp³-hybridized carbons (Fsp3) is 0.429. The second-order valence-electron chi connectivity index (χ2n) is 9.06. The lowest BCUT2D eigenvalue weighted by Crippen LogP contribution is -2.32. The van der Waals surface area contributed by atoms with Crippen molar-refractivity contribution in [2.75, 3.05) is 26.9 Å². The second kappa shape index (κ2) is 11.4. The molecule has 0 aromatic heterocycles. The summed E-state index contributed by atoms with van der Waals surface area (Å²) in [5.74, 6) is -0.118. The number of methoxy groups -OCH3 is 1. The molecule has 2 aromatic rings. The van der Waals surface area contributed by atoms with Gasteiger partial charge in [-0.05, 0) is 68.1 Å². The average molecular weight is 482 g/mol. The zero-order chi connectivity index (χ0) is 25.7. The number of aliphatic hydroxyl groups is 1. The smallest absolute Gasteiger partial charge is 0.295 e. The summed E-state index contributed by atoms with van der Waals surface area (Å²) < 4.78 is 16.8. The molecule has 0 bridgehead atoms. The molecule has 1 N–H and O–H groups in total. The van der Waals surface area contributed by atoms with E-state index < -0.39 is 17.7 Å². The number of aliphatic hydroxyl groups excluding tert-OH is 1. The van der Waals surface area contributed by atoms with Crippen molar-refractivity contribution in [3.8, 4) is 11.5 Å². The number of Topliss-reactive ketones (excluding diaryl/α,β-unsaturated/α-hetero) is 1. The number of amides is 1. The first kappa shape index (κ1) is 26.3. The molecule has 7 heteroatoms. The van der Waals surface area contributed by atoms with Gasteiger partial charge in [0.2, 0.25) is 0 Å². The third-order valence-corrected chi connectivity index (χ3v) is 5.83. The van der Waals surface area contributed by atoms with Crippen molar-refractivity contribution in [2.45, 2.75) is 52.7 Å². The van der Waals surface area contributed by atoms with Gasteiger partial charge < -0.3 is 24.2 Å². The van der Waals surface area contributed by atoms with E-state index in [0.717, 1.165) is 11.3 Å². The summed E-state index contributed by atoms with van der Waals surface area (Å²) in [4.78, 5) is 27.7. The zero-order valence-corrected chi connectivity index (χ0v) is 21.3. The van der Waals surface area contributed by atoms with Gasteiger partial charge in [0.25, 0.3) is 11.7 Å². The number of nitrogens with zero attached hydrogens (tertiary/aromatic N) is 1. The molecule has 1 atom stereocenters. The van der Waals surface area contributed by atoms with E-state index in [0.29, 0.717) is 23.5 Å². The molecule has 1 aliphatic rings. The van der Waals surface area contributed by atoms with E-state index in [2.05, 4.69) is 0 Å². The zero-order valence-electron chi connectivity index (χ0n) is 21.3. The molecule has 0 spiro atoms. The van der Waals surface area contributed by atoms with Gasteiger partial charge in [-0.3, -0.25) is 9.59 Å². The van der Waals surface area contributed by atoms with Crippen molar-refractivity contribution in [1.29, 1.82) is 0 Å². The lowest BCUT2D eigenvalue weighted by atomic mass is 9.93. The molecule has 35 heavy (non-hydrogen) atoms. The summed E-state index contributed by atoms with van der Waals surface area (Å²) in [5, 5.41) is 11.4. The highest BCUT2D eigenvalue weighted by molar-refractivity contribution is 6.46. The van der Waals surface area contributed by atoms with E-state index in [9.17, 15) is 14.7 Å². The van der Waals surface area contributed by atoms with Gasteiger partial charge in [-0.1, -0.05) is 26.0 Å². The molecule has 2 aromatic carbocycles. The maximum Gasteiger partial charge on any atom is 0.295 e. The Morgan fingerprint density at radius 2 is 1.83 bits per heavy atom. The average Bonchev–Trinajstić information content (AvgIpc) is 3.07. The van der Waals surface area contributed by atoms with Crippen LogP contribution >= 0.6 is 0 Å². The fourth-order valence-corrected chi connectivity index (χ4v) is 4.27. The highest BCUT2D eigenvalue weighted by atomic mass is 16.5. The van der Waals surface area contributed by atoms with Crippen molar-refractivity contribution >= 4 is 17.4 Å². The van der Waals surface area contributed by atoms with E-state index in [-0.39, 0.29) is 36.5 Å². The van der Waals surface area contributed by atoms with Crippen LogP contribution in [0.2, 0.25) is 0 Å². The Morgan fingerprint density at radius 3 is 2.46 bits per heavy atom. The lowest BCUT2D eigenvalue weighted by Gasteiger charge is -2.25. The minimum atomic E-state index is -0.769. The molecule has 188 valence electrons. The van der Waals surface area contributed by atoms with Gasteiger partial charge in [-0.15, -0.1) is 0 Å². The van der Waals surface area contributed by atoms with Crippen LogP contribution in [0.4, 0.5) is 0 Å². The number of hydrogen-bond donors (Lipinski definition) is 1. The van der Waals surface area contributed by atoms with Crippen molar-refractivity contribution in [3.63, 3.8) is 0 Å². The number of ether oxygens (including phenoxy) is 3. The molecular weight excluding hydrogens is 446 g/mol. The van der Waals surface area contributed by atoms with Crippen LogP contribution in [0.3, 0.4) is 0 Å². The Balaban J connectivity index is 2.17. The SMILES string of the molecule is CCOc1ccc(/C(O)=C2\C(=O)C(=O)N(CCOC)C2c2cccc(OC(C)C)c2)cc1C(C)C. The maximum atomic E-state index is 13.2. The molecule has 1 fully saturated rings. The number of likely N-dealkylation sites (tertiary alicyclic amines) is 1. The monoisotopic (exact) mass is 481 g/mol. The molecule has 7 nitrogen and oxygen atoms in total. The molecule has 0 radical (unpaired) electrons. The summed E-state index contributed by atoms with van der Waals surface area (Å²) in [6.07, 6.45) is -0.0385. The summed E-state index contributed by atoms with van der Waals surface area (Å²) in [7, 11) is 1.54. The maximum absolute atomic E-state index is 13.2. The van der Waals surface area contributed by atoms with Gasteiger partial charge in [0, 0.05) is 19.2 Å². The van der Waals surface area contributed by atoms with Gasteiger partial charge in [-0.2, -0.15) is 0 Å². The number of carbonyl (C=O) groups is 2. The molecule has 0 aliphatic carbocycles. The van der Waals surface area contributed by atoms with Crippen LogP contribution in [0.25, 0.3) is 5.76 Å². The van der Waals surface area contributed by atoms with Gasteiger partial charge in [-0.25, -0.2) is 0 Å². The van der Waals surface area contributed by atoms with Gasteiger partial charge in [0.15, 0.2) is 0 Å². The standard InChI is InChI=1S/C28H35NO6/c1-7-34-23-12-11-20(16-22(23)17(2)3)26(30)24-25(29(13-14-33-6)28(32)27(24)31)19-9-8-10-21(15-19)35-18(4)5/h8-12,15-18,25,30H,7,13-14H2,1-6H3/b26-24+. The summed E-state index contributed by atoms with van der Waals surface area (Å²) >= 11 is 0. The quantitative estimate of drug-likeness (QED) is 0.290. The molecule has 1 aliphatic heterocycles. The molecule has 1 saturated heterocycles. The predicted octanol–water partition coefficient (Wildman–Crippen LogP) is 5.06. The van der Waals surface area contributed by atoms with Crippen LogP contribution in [0.1, 0.15) is 63.3 Å². The van der Waals surface area contributed by atoms with Crippen molar-refractivity contribution in [3.05, 3.63) is 64.7 Å². The molecule has 0 saturated carbocycles. The molecule has 1 amide bonds. The van der Waals surface area contributed by atoms with E-state index in [1.165, 1.54) is 12.0 Å². The Morgan fingerprint density at radius 1 is 1.09 bits per heavy atom. The number of carbonyl (C=O) groups excluding carboxylic acids is 2. The molecule has 3 rings (SSSR count). The van der Waals surface area contributed by atoms with Crippen molar-refractivity contribution in [2.24, 2.45) is 0 Å². The molecular formula is C28H35NO6. The van der Waals surface area contributed by atoms with Gasteiger partial charge >= 0.3 is 0 Å². The fourth-order valence-electron chi connectivity index (χ4n) is 4.27. The first-order valence-electron chi connectivity index (χ1n) is 12.0. The number of hydrogen-bond acceptors (Lipinski definition) is 6. The third kappa shape index (κ3) is 5.68. The highest BCUT2D eigenvalue weighted by Crippen LogP contribution is 2.41. The summed E-state index contributed by atoms with van der Waals surface area (Å²) in [5.41, 5.74) is 2.09. The predicted molar refractivity (Wildman–Crippen MR) is 135 cm³/mol.